The second kappa shape index (κ2) is 6.57. The highest BCUT2D eigenvalue weighted by molar-refractivity contribution is 6.31. The molecular formula is C16H20ClNO4. The highest BCUT2D eigenvalue weighted by atomic mass is 35.5. The minimum atomic E-state index is -0.565. The van der Waals surface area contributed by atoms with Gasteiger partial charge in [-0.05, 0) is 30.5 Å². The van der Waals surface area contributed by atoms with Gasteiger partial charge < -0.3 is 14.4 Å². The molecule has 0 saturated heterocycles. The lowest BCUT2D eigenvalue weighted by Crippen LogP contribution is -2.49. The number of methoxy groups -OCH3 is 1. The van der Waals surface area contributed by atoms with Crippen LogP contribution in [0.5, 0.6) is 5.75 Å². The third-order valence-corrected chi connectivity index (χ3v) is 3.86. The molecule has 1 aromatic rings. The van der Waals surface area contributed by atoms with Crippen molar-refractivity contribution in [2.24, 2.45) is 5.92 Å². The lowest BCUT2D eigenvalue weighted by atomic mass is 10.0. The van der Waals surface area contributed by atoms with E-state index in [4.69, 9.17) is 16.3 Å². The van der Waals surface area contributed by atoms with Crippen molar-refractivity contribution in [1.82, 2.24) is 0 Å². The Morgan fingerprint density at radius 2 is 2.14 bits per heavy atom. The van der Waals surface area contributed by atoms with E-state index >= 15 is 0 Å². The Bertz CT molecular complexity index is 600. The van der Waals surface area contributed by atoms with Crippen LogP contribution in [0.1, 0.15) is 25.8 Å². The summed E-state index contributed by atoms with van der Waals surface area (Å²) in [4.78, 5) is 25.6. The maximum absolute atomic E-state index is 12.7. The number of aryl methyl sites for hydroxylation is 1. The molecular weight excluding hydrogens is 306 g/mol. The minimum absolute atomic E-state index is 0.0244. The molecule has 120 valence electrons. The number of fused-ring (bicyclic) bond motifs is 1. The van der Waals surface area contributed by atoms with E-state index in [0.717, 1.165) is 5.56 Å². The van der Waals surface area contributed by atoms with Gasteiger partial charge >= 0.3 is 5.97 Å². The van der Waals surface area contributed by atoms with E-state index in [9.17, 15) is 9.59 Å². The monoisotopic (exact) mass is 325 g/mol. The largest absolute Gasteiger partial charge is 0.478 e. The van der Waals surface area contributed by atoms with E-state index in [1.165, 1.54) is 7.11 Å². The Morgan fingerprint density at radius 1 is 1.45 bits per heavy atom. The van der Waals surface area contributed by atoms with E-state index in [0.29, 0.717) is 16.5 Å². The van der Waals surface area contributed by atoms with Crippen molar-refractivity contribution < 1.29 is 19.1 Å². The summed E-state index contributed by atoms with van der Waals surface area (Å²) in [6.45, 7) is 5.98. The number of carbonyl (C=O) groups is 2. The molecule has 0 radical (unpaired) electrons. The third kappa shape index (κ3) is 3.19. The molecule has 0 unspecified atom stereocenters. The van der Waals surface area contributed by atoms with Crippen LogP contribution in [-0.2, 0) is 14.3 Å². The predicted octanol–water partition coefficient (Wildman–Crippen LogP) is 2.96. The van der Waals surface area contributed by atoms with E-state index in [-0.39, 0.29) is 30.8 Å². The molecule has 0 N–H and O–H groups in total. The molecule has 0 saturated carbocycles. The summed E-state index contributed by atoms with van der Waals surface area (Å²) >= 11 is 6.10. The molecule has 1 heterocycles. The lowest BCUT2D eigenvalue weighted by molar-refractivity contribution is -0.140. The standard InChI is InChI=1S/C16H20ClNO4/c1-9(2)14-16(20)18(6-5-13(19)21-4)12-8-11(17)7-10(3)15(12)22-14/h7-9,14H,5-6H2,1-4H3/t14-/m0/s1. The van der Waals surface area contributed by atoms with Crippen LogP contribution >= 0.6 is 11.6 Å². The molecule has 1 aromatic carbocycles. The van der Waals surface area contributed by atoms with Gasteiger partial charge in [-0.1, -0.05) is 25.4 Å². The first-order valence-corrected chi connectivity index (χ1v) is 7.58. The van der Waals surface area contributed by atoms with Gasteiger partial charge in [-0.2, -0.15) is 0 Å². The number of hydrogen-bond acceptors (Lipinski definition) is 4. The number of halogens is 1. The molecule has 6 heteroatoms. The van der Waals surface area contributed by atoms with Gasteiger partial charge in [0, 0.05) is 11.6 Å². The molecule has 0 aromatic heterocycles. The summed E-state index contributed by atoms with van der Waals surface area (Å²) in [7, 11) is 1.33. The third-order valence-electron chi connectivity index (χ3n) is 3.64. The molecule has 1 aliphatic heterocycles. The highest BCUT2D eigenvalue weighted by Crippen LogP contribution is 2.40. The molecule has 0 bridgehead atoms. The summed E-state index contributed by atoms with van der Waals surface area (Å²) < 4.78 is 10.5. The number of amides is 1. The van der Waals surface area contributed by atoms with Crippen LogP contribution in [0.15, 0.2) is 12.1 Å². The number of hydrogen-bond donors (Lipinski definition) is 0. The zero-order chi connectivity index (χ0) is 16.4. The van der Waals surface area contributed by atoms with Crippen LogP contribution in [0, 0.1) is 12.8 Å². The van der Waals surface area contributed by atoms with Gasteiger partial charge in [0.05, 0.1) is 19.2 Å². The van der Waals surface area contributed by atoms with Crippen molar-refractivity contribution in [3.63, 3.8) is 0 Å². The summed E-state index contributed by atoms with van der Waals surface area (Å²) in [5.41, 5.74) is 1.47. The van der Waals surface area contributed by atoms with Gasteiger partial charge in [-0.3, -0.25) is 9.59 Å². The topological polar surface area (TPSA) is 55.8 Å². The molecule has 0 fully saturated rings. The number of nitrogens with zero attached hydrogens (tertiary/aromatic N) is 1. The van der Waals surface area contributed by atoms with E-state index < -0.39 is 6.10 Å². The molecule has 1 atom stereocenters. The van der Waals surface area contributed by atoms with Crippen LogP contribution in [0.4, 0.5) is 5.69 Å². The quantitative estimate of drug-likeness (QED) is 0.799. The molecule has 22 heavy (non-hydrogen) atoms. The van der Waals surface area contributed by atoms with Crippen molar-refractivity contribution in [1.29, 1.82) is 0 Å². The van der Waals surface area contributed by atoms with Gasteiger partial charge in [-0.25, -0.2) is 0 Å². The number of carbonyl (C=O) groups excluding carboxylic acids is 2. The first-order valence-electron chi connectivity index (χ1n) is 7.20. The molecule has 1 aliphatic rings. The normalized spacial score (nSPS) is 17.3. The summed E-state index contributed by atoms with van der Waals surface area (Å²) in [6.07, 6.45) is -0.442. The van der Waals surface area contributed by atoms with Crippen LogP contribution in [-0.4, -0.2) is 31.6 Å². The van der Waals surface area contributed by atoms with Gasteiger partial charge in [0.1, 0.15) is 5.75 Å². The Kier molecular flexibility index (Phi) is 4.96. The first-order chi connectivity index (χ1) is 10.3. The minimum Gasteiger partial charge on any atom is -0.478 e. The van der Waals surface area contributed by atoms with Crippen LogP contribution < -0.4 is 9.64 Å². The Balaban J connectivity index is 2.41. The number of ether oxygens (including phenoxy) is 2. The fourth-order valence-corrected chi connectivity index (χ4v) is 2.74. The Hall–Kier alpha value is -1.75. The fraction of sp³-hybridized carbons (Fsp3) is 0.500. The molecule has 2 rings (SSSR count). The van der Waals surface area contributed by atoms with Crippen molar-refractivity contribution in [2.45, 2.75) is 33.3 Å². The van der Waals surface area contributed by atoms with Crippen LogP contribution in [0.3, 0.4) is 0 Å². The Morgan fingerprint density at radius 3 is 2.73 bits per heavy atom. The average molecular weight is 326 g/mol. The second-order valence-electron chi connectivity index (χ2n) is 5.67. The lowest BCUT2D eigenvalue weighted by Gasteiger charge is -2.36. The van der Waals surface area contributed by atoms with E-state index in [2.05, 4.69) is 4.74 Å². The molecule has 0 aliphatic carbocycles. The van der Waals surface area contributed by atoms with Gasteiger partial charge in [0.15, 0.2) is 6.10 Å². The first kappa shape index (κ1) is 16.6. The van der Waals surface area contributed by atoms with Gasteiger partial charge in [-0.15, -0.1) is 0 Å². The predicted molar refractivity (Wildman–Crippen MR) is 84.4 cm³/mol. The average Bonchev–Trinajstić information content (AvgIpc) is 2.45. The zero-order valence-corrected chi connectivity index (χ0v) is 13.9. The van der Waals surface area contributed by atoms with Crippen molar-refractivity contribution in [2.75, 3.05) is 18.6 Å². The molecule has 0 spiro atoms. The van der Waals surface area contributed by atoms with Crippen LogP contribution in [0.2, 0.25) is 5.02 Å². The summed E-state index contributed by atoms with van der Waals surface area (Å²) in [6, 6.07) is 3.49. The molecule has 5 nitrogen and oxygen atoms in total. The zero-order valence-electron chi connectivity index (χ0n) is 13.2. The smallest absolute Gasteiger partial charge is 0.307 e. The van der Waals surface area contributed by atoms with Gasteiger partial charge in [0.2, 0.25) is 0 Å². The van der Waals surface area contributed by atoms with Crippen molar-refractivity contribution >= 4 is 29.2 Å². The fourth-order valence-electron chi connectivity index (χ4n) is 2.47. The summed E-state index contributed by atoms with van der Waals surface area (Å²) in [5, 5.41) is 0.527. The maximum atomic E-state index is 12.7. The maximum Gasteiger partial charge on any atom is 0.307 e. The SMILES string of the molecule is COC(=O)CCN1C(=O)[C@H](C(C)C)Oc2c(C)cc(Cl)cc21. The highest BCUT2D eigenvalue weighted by Gasteiger charge is 2.37. The number of rotatable bonds is 4. The van der Waals surface area contributed by atoms with Crippen LogP contribution in [0.25, 0.3) is 0 Å². The molecule has 1 amide bonds. The van der Waals surface area contributed by atoms with E-state index in [1.54, 1.807) is 17.0 Å². The summed E-state index contributed by atoms with van der Waals surface area (Å²) in [5.74, 6) is 0.151. The number of benzene rings is 1. The van der Waals surface area contributed by atoms with E-state index in [1.807, 2.05) is 20.8 Å². The number of esters is 1. The van der Waals surface area contributed by atoms with Gasteiger partial charge in [0.25, 0.3) is 5.91 Å². The number of anilines is 1. The second-order valence-corrected chi connectivity index (χ2v) is 6.11. The Labute approximate surface area is 135 Å². The van der Waals surface area contributed by atoms with Crippen molar-refractivity contribution in [3.05, 3.63) is 22.7 Å². The van der Waals surface area contributed by atoms with Crippen molar-refractivity contribution in [3.8, 4) is 5.75 Å².